The third kappa shape index (κ3) is 2.53. The first-order valence-corrected chi connectivity index (χ1v) is 7.36. The van der Waals surface area contributed by atoms with Gasteiger partial charge in [0.1, 0.15) is 13.7 Å². The topological polar surface area (TPSA) is 15.6 Å². The maximum atomic E-state index is 5.07. The molecule has 0 N–H and O–H groups in total. The zero-order valence-corrected chi connectivity index (χ0v) is 12.1. The lowest BCUT2D eigenvalue weighted by Gasteiger charge is -2.34. The van der Waals surface area contributed by atoms with Gasteiger partial charge < -0.3 is 4.90 Å². The van der Waals surface area contributed by atoms with Gasteiger partial charge in [-0.25, -0.2) is 0 Å². The molecule has 1 saturated carbocycles. The highest BCUT2D eigenvalue weighted by Crippen LogP contribution is 2.36. The van der Waals surface area contributed by atoms with Crippen LogP contribution in [0.5, 0.6) is 0 Å². The lowest BCUT2D eigenvalue weighted by molar-refractivity contribution is 0.240. The number of hydrogen-bond donors (Lipinski definition) is 0. The van der Waals surface area contributed by atoms with Crippen LogP contribution < -0.4 is 0 Å². The van der Waals surface area contributed by atoms with E-state index in [-0.39, 0.29) is 0 Å². The standard InChI is InChI=1S/C14H27BN2/c1-9(2)14-16-12-8-11(15)6-5-7-13(12)17(14)10(3)4/h9-13H,5-8,15H2,1-4H3. The fraction of sp³-hybridized carbons (Fsp3) is 0.929. The lowest BCUT2D eigenvalue weighted by Crippen LogP contribution is -2.45. The second kappa shape index (κ2) is 5.03. The molecule has 0 bridgehead atoms. The summed E-state index contributed by atoms with van der Waals surface area (Å²) in [4.78, 5) is 7.68. The molecule has 0 aromatic rings. The minimum atomic E-state index is 0.569. The minimum Gasteiger partial charge on any atom is -0.353 e. The fourth-order valence-corrected chi connectivity index (χ4v) is 3.52. The summed E-state index contributed by atoms with van der Waals surface area (Å²) in [6.07, 6.45) is 5.41. The van der Waals surface area contributed by atoms with E-state index in [2.05, 4.69) is 40.4 Å². The number of nitrogens with zero attached hydrogens (tertiary/aromatic N) is 2. The molecule has 3 atom stereocenters. The summed E-state index contributed by atoms with van der Waals surface area (Å²) in [5, 5.41) is 0. The Morgan fingerprint density at radius 1 is 1.24 bits per heavy atom. The fourth-order valence-electron chi connectivity index (χ4n) is 3.52. The monoisotopic (exact) mass is 234 g/mol. The van der Waals surface area contributed by atoms with E-state index in [9.17, 15) is 0 Å². The summed E-state index contributed by atoms with van der Waals surface area (Å²) in [6, 6.07) is 1.87. The highest BCUT2D eigenvalue weighted by molar-refractivity contribution is 6.11. The molecule has 0 aromatic carbocycles. The van der Waals surface area contributed by atoms with Gasteiger partial charge in [-0.15, -0.1) is 0 Å². The zero-order chi connectivity index (χ0) is 12.6. The molecule has 2 rings (SSSR count). The summed E-state index contributed by atoms with van der Waals surface area (Å²) in [7, 11) is 2.39. The van der Waals surface area contributed by atoms with Crippen molar-refractivity contribution in [2.75, 3.05) is 0 Å². The molecule has 1 heterocycles. The van der Waals surface area contributed by atoms with Gasteiger partial charge in [0.15, 0.2) is 0 Å². The number of hydrogen-bond acceptors (Lipinski definition) is 2. The van der Waals surface area contributed by atoms with E-state index in [1.54, 1.807) is 0 Å². The first-order valence-electron chi connectivity index (χ1n) is 7.36. The van der Waals surface area contributed by atoms with Crippen molar-refractivity contribution in [1.82, 2.24) is 4.90 Å². The van der Waals surface area contributed by atoms with Crippen LogP contribution in [0.4, 0.5) is 0 Å². The Balaban J connectivity index is 2.23. The van der Waals surface area contributed by atoms with E-state index >= 15 is 0 Å². The maximum Gasteiger partial charge on any atom is 0.105 e. The summed E-state index contributed by atoms with van der Waals surface area (Å²) in [5.74, 6) is 2.79. The molecule has 96 valence electrons. The van der Waals surface area contributed by atoms with Gasteiger partial charge in [-0.2, -0.15) is 0 Å². The molecule has 3 unspecified atom stereocenters. The molecule has 2 nitrogen and oxygen atoms in total. The highest BCUT2D eigenvalue weighted by Gasteiger charge is 2.39. The van der Waals surface area contributed by atoms with E-state index in [1.165, 1.54) is 31.5 Å². The largest absolute Gasteiger partial charge is 0.353 e. The number of fused-ring (bicyclic) bond motifs is 1. The highest BCUT2D eigenvalue weighted by atomic mass is 15.3. The van der Waals surface area contributed by atoms with E-state index < -0.39 is 0 Å². The van der Waals surface area contributed by atoms with E-state index in [4.69, 9.17) is 4.99 Å². The van der Waals surface area contributed by atoms with Crippen LogP contribution in [-0.2, 0) is 0 Å². The van der Waals surface area contributed by atoms with Gasteiger partial charge >= 0.3 is 0 Å². The summed E-state index contributed by atoms with van der Waals surface area (Å²) < 4.78 is 0. The van der Waals surface area contributed by atoms with Crippen molar-refractivity contribution in [3.8, 4) is 0 Å². The average molecular weight is 234 g/mol. The second-order valence-electron chi connectivity index (χ2n) is 6.55. The molecule has 0 spiro atoms. The Labute approximate surface area is 107 Å². The van der Waals surface area contributed by atoms with Crippen molar-refractivity contribution in [2.45, 2.75) is 77.3 Å². The molecule has 0 saturated heterocycles. The molecule has 17 heavy (non-hydrogen) atoms. The van der Waals surface area contributed by atoms with Crippen molar-refractivity contribution in [3.05, 3.63) is 0 Å². The van der Waals surface area contributed by atoms with Crippen LogP contribution in [0.3, 0.4) is 0 Å². The van der Waals surface area contributed by atoms with Gasteiger partial charge in [0.2, 0.25) is 0 Å². The predicted octanol–water partition coefficient (Wildman–Crippen LogP) is 2.50. The molecule has 2 aliphatic rings. The Kier molecular flexibility index (Phi) is 3.84. The van der Waals surface area contributed by atoms with Gasteiger partial charge in [-0.3, -0.25) is 4.99 Å². The number of amidine groups is 1. The molecule has 3 heteroatoms. The van der Waals surface area contributed by atoms with Crippen molar-refractivity contribution >= 4 is 13.7 Å². The molecule has 0 aromatic heterocycles. The summed E-state index contributed by atoms with van der Waals surface area (Å²) in [6.45, 7) is 9.19. The zero-order valence-electron chi connectivity index (χ0n) is 12.1. The van der Waals surface area contributed by atoms with E-state index in [1.807, 2.05) is 0 Å². The summed E-state index contributed by atoms with van der Waals surface area (Å²) >= 11 is 0. The third-order valence-corrected chi connectivity index (χ3v) is 4.28. The van der Waals surface area contributed by atoms with Crippen LogP contribution in [0.2, 0.25) is 5.82 Å². The van der Waals surface area contributed by atoms with E-state index in [0.29, 0.717) is 24.0 Å². The molecule has 0 amide bonds. The third-order valence-electron chi connectivity index (χ3n) is 4.28. The van der Waals surface area contributed by atoms with Crippen LogP contribution in [-0.4, -0.2) is 36.7 Å². The van der Waals surface area contributed by atoms with Crippen molar-refractivity contribution in [3.63, 3.8) is 0 Å². The van der Waals surface area contributed by atoms with Gasteiger partial charge in [0.25, 0.3) is 0 Å². The first kappa shape index (κ1) is 13.0. The van der Waals surface area contributed by atoms with Crippen molar-refractivity contribution in [2.24, 2.45) is 10.9 Å². The summed E-state index contributed by atoms with van der Waals surface area (Å²) in [5.41, 5.74) is 0. The minimum absolute atomic E-state index is 0.569. The molecular weight excluding hydrogens is 207 g/mol. The molecular formula is C14H27BN2. The predicted molar refractivity (Wildman–Crippen MR) is 77.6 cm³/mol. The average Bonchev–Trinajstić information content (AvgIpc) is 2.48. The van der Waals surface area contributed by atoms with Crippen LogP contribution in [0.25, 0.3) is 0 Å². The van der Waals surface area contributed by atoms with Gasteiger partial charge in [-0.05, 0) is 26.7 Å². The van der Waals surface area contributed by atoms with Crippen molar-refractivity contribution in [1.29, 1.82) is 0 Å². The Hall–Kier alpha value is -0.465. The Bertz CT molecular complexity index is 299. The van der Waals surface area contributed by atoms with Crippen LogP contribution in [0.1, 0.15) is 53.4 Å². The normalized spacial score (nSPS) is 33.9. The number of aliphatic imine (C=N–C) groups is 1. The van der Waals surface area contributed by atoms with Crippen molar-refractivity contribution < 1.29 is 0 Å². The molecule has 1 aliphatic carbocycles. The van der Waals surface area contributed by atoms with Crippen LogP contribution >= 0.6 is 0 Å². The molecule has 1 fully saturated rings. The van der Waals surface area contributed by atoms with Crippen LogP contribution in [0, 0.1) is 5.92 Å². The molecule has 1 aliphatic heterocycles. The SMILES string of the molecule is BC1CCCC2C(C1)N=C(C(C)C)N2C(C)C. The second-order valence-corrected chi connectivity index (χ2v) is 6.55. The smallest absolute Gasteiger partial charge is 0.105 e. The Morgan fingerprint density at radius 2 is 1.94 bits per heavy atom. The first-order chi connectivity index (χ1) is 8.00. The van der Waals surface area contributed by atoms with E-state index in [0.717, 1.165) is 5.82 Å². The lowest BCUT2D eigenvalue weighted by atomic mass is 9.80. The molecule has 0 radical (unpaired) electrons. The number of rotatable bonds is 2. The van der Waals surface area contributed by atoms with Gasteiger partial charge in [0.05, 0.1) is 12.1 Å². The van der Waals surface area contributed by atoms with Gasteiger partial charge in [0, 0.05) is 12.0 Å². The van der Waals surface area contributed by atoms with Crippen LogP contribution in [0.15, 0.2) is 4.99 Å². The van der Waals surface area contributed by atoms with Gasteiger partial charge in [-0.1, -0.05) is 32.5 Å². The quantitative estimate of drug-likeness (QED) is 0.670. The maximum absolute atomic E-state index is 5.07. The Morgan fingerprint density at radius 3 is 2.53 bits per heavy atom.